The van der Waals surface area contributed by atoms with Crippen molar-refractivity contribution in [2.75, 3.05) is 13.1 Å². The van der Waals surface area contributed by atoms with E-state index in [-0.39, 0.29) is 0 Å². The highest BCUT2D eigenvalue weighted by Gasteiger charge is 2.25. The Kier molecular flexibility index (Phi) is 10.4. The third kappa shape index (κ3) is 5.55. The highest BCUT2D eigenvalue weighted by Crippen LogP contribution is 2.32. The molecule has 0 bridgehead atoms. The van der Waals surface area contributed by atoms with Gasteiger partial charge in [-0.3, -0.25) is 0 Å². The van der Waals surface area contributed by atoms with E-state index < -0.39 is 0 Å². The van der Waals surface area contributed by atoms with Crippen molar-refractivity contribution in [2.24, 2.45) is 11.8 Å². The number of hydrogen-bond donors (Lipinski definition) is 1. The summed E-state index contributed by atoms with van der Waals surface area (Å²) >= 11 is 0. The summed E-state index contributed by atoms with van der Waals surface area (Å²) in [5, 5.41) is 3.51. The summed E-state index contributed by atoms with van der Waals surface area (Å²) in [6, 6.07) is 0. The van der Waals surface area contributed by atoms with E-state index in [1.165, 1.54) is 51.6 Å². The van der Waals surface area contributed by atoms with Crippen LogP contribution in [0.2, 0.25) is 0 Å². The van der Waals surface area contributed by atoms with Crippen LogP contribution in [-0.2, 0) is 0 Å². The van der Waals surface area contributed by atoms with Crippen molar-refractivity contribution >= 4 is 0 Å². The molecule has 2 fully saturated rings. The van der Waals surface area contributed by atoms with Crippen LogP contribution in [0.4, 0.5) is 0 Å². The molecule has 2 atom stereocenters. The largest absolute Gasteiger partial charge is 0.316 e. The van der Waals surface area contributed by atoms with Gasteiger partial charge in [-0.1, -0.05) is 53.4 Å². The van der Waals surface area contributed by atoms with Gasteiger partial charge in [-0.2, -0.15) is 0 Å². The number of hydrogen-bond acceptors (Lipinski definition) is 1. The molecule has 1 aliphatic heterocycles. The van der Waals surface area contributed by atoms with Crippen molar-refractivity contribution in [1.82, 2.24) is 5.32 Å². The molecule has 92 valence electrons. The van der Waals surface area contributed by atoms with Gasteiger partial charge in [0.15, 0.2) is 0 Å². The fraction of sp³-hybridized carbons (Fsp3) is 1.00. The van der Waals surface area contributed by atoms with Crippen molar-refractivity contribution in [1.29, 1.82) is 0 Å². The molecular formula is C14H31N. The molecule has 2 unspecified atom stereocenters. The molecule has 1 aliphatic carbocycles. The zero-order valence-corrected chi connectivity index (χ0v) is 11.3. The molecule has 15 heavy (non-hydrogen) atoms. The second kappa shape index (κ2) is 10.5. The summed E-state index contributed by atoms with van der Waals surface area (Å²) in [6.45, 7) is 10.6. The summed E-state index contributed by atoms with van der Waals surface area (Å²) < 4.78 is 0. The van der Waals surface area contributed by atoms with Crippen LogP contribution in [0.15, 0.2) is 0 Å². The van der Waals surface area contributed by atoms with Gasteiger partial charge in [0, 0.05) is 0 Å². The fourth-order valence-corrected chi connectivity index (χ4v) is 2.68. The highest BCUT2D eigenvalue weighted by atomic mass is 14.9. The standard InChI is InChI=1S/C10H19N.2C2H6/c1-2-4-9-6-7-11-8-10(9)5-3-1;2*1-2/h9-11H,1-8H2;2*1-2H3. The van der Waals surface area contributed by atoms with Crippen molar-refractivity contribution < 1.29 is 0 Å². The van der Waals surface area contributed by atoms with Crippen LogP contribution in [0.3, 0.4) is 0 Å². The maximum absolute atomic E-state index is 3.51. The third-order valence-corrected chi connectivity index (χ3v) is 3.41. The molecule has 0 aromatic carbocycles. The molecule has 1 saturated heterocycles. The van der Waals surface area contributed by atoms with E-state index in [4.69, 9.17) is 0 Å². The minimum atomic E-state index is 1.03. The molecule has 1 heterocycles. The van der Waals surface area contributed by atoms with Crippen LogP contribution in [0.25, 0.3) is 0 Å². The molecule has 1 nitrogen and oxygen atoms in total. The second-order valence-electron chi connectivity index (χ2n) is 4.15. The number of fused-ring (bicyclic) bond motifs is 1. The van der Waals surface area contributed by atoms with E-state index in [1.54, 1.807) is 0 Å². The lowest BCUT2D eigenvalue weighted by atomic mass is 9.83. The second-order valence-corrected chi connectivity index (χ2v) is 4.15. The number of piperidine rings is 1. The smallest absolute Gasteiger partial charge is 0.00179 e. The van der Waals surface area contributed by atoms with Crippen LogP contribution < -0.4 is 5.32 Å². The van der Waals surface area contributed by atoms with Gasteiger partial charge in [0.05, 0.1) is 0 Å². The first-order chi connectivity index (χ1) is 7.47. The van der Waals surface area contributed by atoms with Crippen molar-refractivity contribution in [3.8, 4) is 0 Å². The molecule has 1 saturated carbocycles. The predicted molar refractivity (Wildman–Crippen MR) is 70.2 cm³/mol. The van der Waals surface area contributed by atoms with E-state index in [0.29, 0.717) is 0 Å². The first kappa shape index (κ1) is 15.0. The lowest BCUT2D eigenvalue weighted by Crippen LogP contribution is -2.35. The first-order valence-electron chi connectivity index (χ1n) is 7.17. The Hall–Kier alpha value is -0.0400. The Bertz CT molecular complexity index is 109. The van der Waals surface area contributed by atoms with Crippen LogP contribution in [0.5, 0.6) is 0 Å². The Morgan fingerprint density at radius 2 is 1.33 bits per heavy atom. The average Bonchev–Trinajstić information content (AvgIpc) is 2.59. The minimum Gasteiger partial charge on any atom is -0.316 e. The predicted octanol–water partition coefficient (Wildman–Crippen LogP) is 4.23. The van der Waals surface area contributed by atoms with Gasteiger partial charge in [-0.15, -0.1) is 0 Å². The maximum Gasteiger partial charge on any atom is -0.00179 e. The Morgan fingerprint density at radius 1 is 0.733 bits per heavy atom. The Labute approximate surface area is 97.0 Å². The lowest BCUT2D eigenvalue weighted by Gasteiger charge is -2.30. The van der Waals surface area contributed by atoms with Gasteiger partial charge >= 0.3 is 0 Å². The minimum absolute atomic E-state index is 1.03. The molecular weight excluding hydrogens is 182 g/mol. The first-order valence-corrected chi connectivity index (χ1v) is 7.17. The van der Waals surface area contributed by atoms with Crippen molar-refractivity contribution in [3.05, 3.63) is 0 Å². The molecule has 0 spiro atoms. The third-order valence-electron chi connectivity index (χ3n) is 3.41. The maximum atomic E-state index is 3.51. The van der Waals surface area contributed by atoms with Crippen LogP contribution in [-0.4, -0.2) is 13.1 Å². The van der Waals surface area contributed by atoms with E-state index >= 15 is 0 Å². The van der Waals surface area contributed by atoms with E-state index in [9.17, 15) is 0 Å². The van der Waals surface area contributed by atoms with Crippen molar-refractivity contribution in [3.63, 3.8) is 0 Å². The van der Waals surface area contributed by atoms with Gasteiger partial charge < -0.3 is 5.32 Å². The Balaban J connectivity index is 0.000000442. The number of rotatable bonds is 0. The van der Waals surface area contributed by atoms with Gasteiger partial charge in [-0.05, 0) is 37.8 Å². The monoisotopic (exact) mass is 213 g/mol. The van der Waals surface area contributed by atoms with Gasteiger partial charge in [0.2, 0.25) is 0 Å². The van der Waals surface area contributed by atoms with E-state index in [0.717, 1.165) is 11.8 Å². The molecule has 0 aromatic rings. The van der Waals surface area contributed by atoms with Crippen molar-refractivity contribution in [2.45, 2.75) is 66.2 Å². The van der Waals surface area contributed by atoms with Crippen LogP contribution >= 0.6 is 0 Å². The van der Waals surface area contributed by atoms with Gasteiger partial charge in [0.25, 0.3) is 0 Å². The quantitative estimate of drug-likeness (QED) is 0.635. The molecule has 2 rings (SSSR count). The topological polar surface area (TPSA) is 12.0 Å². The van der Waals surface area contributed by atoms with Crippen LogP contribution in [0.1, 0.15) is 66.2 Å². The molecule has 2 aliphatic rings. The SMILES string of the molecule is C1CCC2CCNCC2CC1.CC.CC. The number of nitrogens with one attached hydrogen (secondary N) is 1. The summed E-state index contributed by atoms with van der Waals surface area (Å²) in [6.07, 6.45) is 8.95. The summed E-state index contributed by atoms with van der Waals surface area (Å²) in [4.78, 5) is 0. The molecule has 0 radical (unpaired) electrons. The van der Waals surface area contributed by atoms with Gasteiger partial charge in [0.1, 0.15) is 0 Å². The molecule has 1 N–H and O–H groups in total. The zero-order chi connectivity index (χ0) is 11.5. The average molecular weight is 213 g/mol. The van der Waals surface area contributed by atoms with E-state index in [1.807, 2.05) is 27.7 Å². The highest BCUT2D eigenvalue weighted by molar-refractivity contribution is 4.79. The van der Waals surface area contributed by atoms with Gasteiger partial charge in [-0.25, -0.2) is 0 Å². The summed E-state index contributed by atoms with van der Waals surface area (Å²) in [7, 11) is 0. The molecule has 0 aromatic heterocycles. The molecule has 0 amide bonds. The lowest BCUT2D eigenvalue weighted by molar-refractivity contribution is 0.241. The summed E-state index contributed by atoms with van der Waals surface area (Å²) in [5.41, 5.74) is 0. The fourth-order valence-electron chi connectivity index (χ4n) is 2.68. The van der Waals surface area contributed by atoms with E-state index in [2.05, 4.69) is 5.32 Å². The molecule has 1 heteroatoms. The zero-order valence-electron chi connectivity index (χ0n) is 11.3. The Morgan fingerprint density at radius 3 is 2.00 bits per heavy atom. The summed E-state index contributed by atoms with van der Waals surface area (Å²) in [5.74, 6) is 2.12. The van der Waals surface area contributed by atoms with Crippen LogP contribution in [0, 0.1) is 11.8 Å². The normalized spacial score (nSPS) is 29.6.